The summed E-state index contributed by atoms with van der Waals surface area (Å²) in [5.74, 6) is 0.416. The van der Waals surface area contributed by atoms with Gasteiger partial charge >= 0.3 is 6.09 Å². The number of anilines is 2. The molecule has 2 amide bonds. The van der Waals surface area contributed by atoms with Crippen LogP contribution < -0.4 is 14.5 Å². The molecule has 0 saturated carbocycles. The van der Waals surface area contributed by atoms with Gasteiger partial charge < -0.3 is 24.2 Å². The molecule has 2 saturated heterocycles. The monoisotopic (exact) mass is 320 g/mol. The minimum Gasteiger partial charge on any atom is -0.489 e. The van der Waals surface area contributed by atoms with Crippen LogP contribution in [0.1, 0.15) is 0 Å². The Bertz CT molecular complexity index is 663. The van der Waals surface area contributed by atoms with Gasteiger partial charge in [0.25, 0.3) is 5.91 Å². The van der Waals surface area contributed by atoms with E-state index in [0.717, 1.165) is 0 Å². The van der Waals surface area contributed by atoms with E-state index in [9.17, 15) is 14.7 Å². The van der Waals surface area contributed by atoms with E-state index in [4.69, 9.17) is 14.2 Å². The molecule has 3 aliphatic heterocycles. The van der Waals surface area contributed by atoms with Crippen molar-refractivity contribution in [2.45, 2.75) is 12.1 Å². The van der Waals surface area contributed by atoms with Crippen molar-refractivity contribution in [2.75, 3.05) is 42.8 Å². The van der Waals surface area contributed by atoms with E-state index in [0.29, 0.717) is 30.3 Å². The molecule has 3 heterocycles. The molecule has 8 nitrogen and oxygen atoms in total. The number of cyclic esters (lactones) is 1. The molecule has 0 spiro atoms. The second-order valence-electron chi connectivity index (χ2n) is 5.60. The molecule has 3 aliphatic rings. The third-order valence-electron chi connectivity index (χ3n) is 4.30. The fourth-order valence-electron chi connectivity index (χ4n) is 3.14. The van der Waals surface area contributed by atoms with E-state index in [1.54, 1.807) is 23.1 Å². The molecule has 0 radical (unpaired) electrons. The number of morpholine rings is 1. The third-order valence-corrected chi connectivity index (χ3v) is 4.30. The SMILES string of the molecule is O=C1COCCN1c1ccc2c(c1)OCC1C(CO)OC(=O)N21. The molecule has 0 aromatic heterocycles. The quantitative estimate of drug-likeness (QED) is 0.833. The highest BCUT2D eigenvalue weighted by Crippen LogP contribution is 2.40. The Hall–Kier alpha value is -2.32. The summed E-state index contributed by atoms with van der Waals surface area (Å²) in [6.45, 7) is 1.04. The zero-order valence-electron chi connectivity index (χ0n) is 12.3. The maximum absolute atomic E-state index is 12.0. The van der Waals surface area contributed by atoms with Crippen molar-refractivity contribution in [1.82, 2.24) is 0 Å². The first-order valence-corrected chi connectivity index (χ1v) is 7.44. The number of fused-ring (bicyclic) bond motifs is 3. The highest BCUT2D eigenvalue weighted by Gasteiger charge is 2.46. The zero-order chi connectivity index (χ0) is 16.0. The normalized spacial score (nSPS) is 26.5. The summed E-state index contributed by atoms with van der Waals surface area (Å²) >= 11 is 0. The fourth-order valence-corrected chi connectivity index (χ4v) is 3.14. The average Bonchev–Trinajstić information content (AvgIpc) is 2.91. The predicted molar refractivity (Wildman–Crippen MR) is 78.7 cm³/mol. The van der Waals surface area contributed by atoms with Gasteiger partial charge in [0.15, 0.2) is 6.10 Å². The van der Waals surface area contributed by atoms with Crippen LogP contribution in [0.3, 0.4) is 0 Å². The topological polar surface area (TPSA) is 88.5 Å². The number of amides is 2. The molecule has 2 fully saturated rings. The Morgan fingerprint density at radius 1 is 1.30 bits per heavy atom. The number of hydrogen-bond donors (Lipinski definition) is 1. The number of hydrogen-bond acceptors (Lipinski definition) is 6. The third kappa shape index (κ3) is 2.22. The van der Waals surface area contributed by atoms with Gasteiger partial charge in [-0.2, -0.15) is 0 Å². The zero-order valence-corrected chi connectivity index (χ0v) is 12.3. The van der Waals surface area contributed by atoms with Crippen LogP contribution in [0.5, 0.6) is 5.75 Å². The summed E-state index contributed by atoms with van der Waals surface area (Å²) in [5, 5.41) is 9.30. The van der Waals surface area contributed by atoms with E-state index < -0.39 is 12.2 Å². The number of benzene rings is 1. The van der Waals surface area contributed by atoms with Crippen molar-refractivity contribution in [1.29, 1.82) is 0 Å². The lowest BCUT2D eigenvalue weighted by Gasteiger charge is -2.32. The number of aliphatic hydroxyl groups is 1. The van der Waals surface area contributed by atoms with Gasteiger partial charge in [0.1, 0.15) is 25.0 Å². The second kappa shape index (κ2) is 5.39. The van der Waals surface area contributed by atoms with Crippen LogP contribution in [0.4, 0.5) is 16.2 Å². The van der Waals surface area contributed by atoms with E-state index >= 15 is 0 Å². The summed E-state index contributed by atoms with van der Waals surface area (Å²) in [5.41, 5.74) is 1.30. The van der Waals surface area contributed by atoms with Gasteiger partial charge in [0, 0.05) is 18.3 Å². The van der Waals surface area contributed by atoms with Gasteiger partial charge in [0.2, 0.25) is 0 Å². The molecule has 1 N–H and O–H groups in total. The number of ether oxygens (including phenoxy) is 3. The lowest BCUT2D eigenvalue weighted by Crippen LogP contribution is -2.45. The molecule has 0 bridgehead atoms. The van der Waals surface area contributed by atoms with Gasteiger partial charge in [0.05, 0.1) is 18.9 Å². The van der Waals surface area contributed by atoms with Gasteiger partial charge in [-0.1, -0.05) is 0 Å². The van der Waals surface area contributed by atoms with Crippen LogP contribution in [-0.4, -0.2) is 62.2 Å². The van der Waals surface area contributed by atoms with Crippen LogP contribution >= 0.6 is 0 Å². The van der Waals surface area contributed by atoms with E-state index in [2.05, 4.69) is 0 Å². The van der Waals surface area contributed by atoms with Crippen LogP contribution in [0, 0.1) is 0 Å². The minimum atomic E-state index is -0.587. The first-order valence-electron chi connectivity index (χ1n) is 7.44. The number of rotatable bonds is 2. The maximum Gasteiger partial charge on any atom is 0.415 e. The van der Waals surface area contributed by atoms with Crippen molar-refractivity contribution >= 4 is 23.4 Å². The van der Waals surface area contributed by atoms with Crippen LogP contribution in [0.25, 0.3) is 0 Å². The van der Waals surface area contributed by atoms with Crippen LogP contribution in [0.2, 0.25) is 0 Å². The molecule has 4 rings (SSSR count). The van der Waals surface area contributed by atoms with Crippen molar-refractivity contribution in [3.05, 3.63) is 18.2 Å². The summed E-state index contributed by atoms with van der Waals surface area (Å²) in [6, 6.07) is 4.92. The number of carbonyl (C=O) groups is 2. The van der Waals surface area contributed by atoms with E-state index in [-0.39, 0.29) is 31.8 Å². The summed E-state index contributed by atoms with van der Waals surface area (Å²) < 4.78 is 16.0. The molecular formula is C15H16N2O6. The van der Waals surface area contributed by atoms with Gasteiger partial charge in [-0.25, -0.2) is 4.79 Å². The standard InChI is InChI=1S/C15H16N2O6/c18-6-13-11-7-22-12-5-9(16-3-4-21-8-14(16)19)1-2-10(12)17(11)15(20)23-13/h1-2,5,11,13,18H,3-4,6-8H2. The van der Waals surface area contributed by atoms with Crippen molar-refractivity contribution < 1.29 is 28.9 Å². The molecule has 122 valence electrons. The average molecular weight is 320 g/mol. The molecule has 1 aromatic carbocycles. The molecule has 2 atom stereocenters. The Labute approximate surface area is 132 Å². The van der Waals surface area contributed by atoms with Gasteiger partial charge in [-0.3, -0.25) is 9.69 Å². The van der Waals surface area contributed by atoms with Crippen molar-refractivity contribution in [3.63, 3.8) is 0 Å². The Morgan fingerprint density at radius 3 is 2.96 bits per heavy atom. The first-order chi connectivity index (χ1) is 11.2. The highest BCUT2D eigenvalue weighted by atomic mass is 16.6. The molecule has 2 unspecified atom stereocenters. The fraction of sp³-hybridized carbons (Fsp3) is 0.467. The Morgan fingerprint density at radius 2 is 2.17 bits per heavy atom. The van der Waals surface area contributed by atoms with Crippen molar-refractivity contribution in [2.24, 2.45) is 0 Å². The smallest absolute Gasteiger partial charge is 0.415 e. The lowest BCUT2D eigenvalue weighted by atomic mass is 10.1. The largest absolute Gasteiger partial charge is 0.489 e. The molecular weight excluding hydrogens is 304 g/mol. The maximum atomic E-state index is 12.0. The summed E-state index contributed by atoms with van der Waals surface area (Å²) in [4.78, 5) is 27.1. The number of aliphatic hydroxyl groups excluding tert-OH is 1. The summed E-state index contributed by atoms with van der Waals surface area (Å²) in [7, 11) is 0. The minimum absolute atomic E-state index is 0.0661. The van der Waals surface area contributed by atoms with Crippen LogP contribution in [0.15, 0.2) is 18.2 Å². The molecule has 23 heavy (non-hydrogen) atoms. The highest BCUT2D eigenvalue weighted by molar-refractivity contribution is 5.97. The molecule has 0 aliphatic carbocycles. The van der Waals surface area contributed by atoms with Crippen molar-refractivity contribution in [3.8, 4) is 5.75 Å². The molecule has 8 heteroatoms. The lowest BCUT2D eigenvalue weighted by molar-refractivity contribution is -0.125. The van der Waals surface area contributed by atoms with E-state index in [1.165, 1.54) is 4.90 Å². The van der Waals surface area contributed by atoms with Gasteiger partial charge in [-0.05, 0) is 12.1 Å². The van der Waals surface area contributed by atoms with Crippen LogP contribution in [-0.2, 0) is 14.3 Å². The summed E-state index contributed by atoms with van der Waals surface area (Å²) in [6.07, 6.45) is -1.08. The first kappa shape index (κ1) is 14.3. The number of carbonyl (C=O) groups excluding carboxylic acids is 2. The Balaban J connectivity index is 1.66. The van der Waals surface area contributed by atoms with Gasteiger partial charge in [-0.15, -0.1) is 0 Å². The number of nitrogens with zero attached hydrogens (tertiary/aromatic N) is 2. The second-order valence-corrected chi connectivity index (χ2v) is 5.60. The predicted octanol–water partition coefficient (Wildman–Crippen LogP) is 0.128. The van der Waals surface area contributed by atoms with E-state index in [1.807, 2.05) is 0 Å². The molecule has 1 aromatic rings. The Kier molecular flexibility index (Phi) is 3.35.